The average molecular weight is 604 g/mol. The van der Waals surface area contributed by atoms with E-state index in [-0.39, 0.29) is 43.5 Å². The number of amides is 2. The number of likely N-dealkylation sites (N-methyl/N-ethyl adjacent to an activating group) is 1. The molecule has 1 aromatic heterocycles. The van der Waals surface area contributed by atoms with Gasteiger partial charge in [0.05, 0.1) is 23.0 Å². The van der Waals surface area contributed by atoms with Crippen LogP contribution in [0.2, 0.25) is 0 Å². The van der Waals surface area contributed by atoms with E-state index in [0.29, 0.717) is 37.6 Å². The molecule has 43 heavy (non-hydrogen) atoms. The van der Waals surface area contributed by atoms with Crippen LogP contribution >= 0.6 is 0 Å². The first-order valence-electron chi connectivity index (χ1n) is 13.7. The van der Waals surface area contributed by atoms with E-state index < -0.39 is 41.2 Å². The first-order chi connectivity index (χ1) is 20.3. The number of nitrogens with one attached hydrogen (secondary N) is 1. The molecule has 2 N–H and O–H groups in total. The molecule has 0 unspecified atom stereocenters. The van der Waals surface area contributed by atoms with Gasteiger partial charge in [-0.15, -0.1) is 0 Å². The van der Waals surface area contributed by atoms with E-state index in [1.807, 2.05) is 4.90 Å². The van der Waals surface area contributed by atoms with Gasteiger partial charge in [0.25, 0.3) is 0 Å². The van der Waals surface area contributed by atoms with Crippen molar-refractivity contribution in [3.8, 4) is 6.07 Å². The number of benzene rings is 1. The van der Waals surface area contributed by atoms with Crippen LogP contribution in [0, 0.1) is 24.1 Å². The lowest BCUT2D eigenvalue weighted by atomic mass is 10.0. The lowest BCUT2D eigenvalue weighted by molar-refractivity contribution is -0.137. The Balaban J connectivity index is 1.57. The number of halogens is 4. The van der Waals surface area contributed by atoms with Gasteiger partial charge in [0.1, 0.15) is 29.3 Å². The third-order valence-electron chi connectivity index (χ3n) is 7.59. The minimum atomic E-state index is -4.80. The van der Waals surface area contributed by atoms with Crippen LogP contribution in [0.25, 0.3) is 0 Å². The lowest BCUT2D eigenvalue weighted by Gasteiger charge is -2.38. The van der Waals surface area contributed by atoms with E-state index in [0.717, 1.165) is 6.07 Å². The van der Waals surface area contributed by atoms with Crippen molar-refractivity contribution in [2.75, 3.05) is 68.0 Å². The molecule has 1 fully saturated rings. The zero-order valence-electron chi connectivity index (χ0n) is 23.9. The number of nitrogens with zero attached hydrogens (tertiary/aromatic N) is 6. The van der Waals surface area contributed by atoms with Crippen LogP contribution in [0.15, 0.2) is 36.9 Å². The Hall–Kier alpha value is -4.22. The molecule has 4 rings (SSSR count). The molecule has 14 heteroatoms. The maximum Gasteiger partial charge on any atom is 0.417 e. The minimum Gasteiger partial charge on any atom is -0.390 e. The van der Waals surface area contributed by atoms with Gasteiger partial charge >= 0.3 is 6.18 Å². The zero-order chi connectivity index (χ0) is 31.5. The Morgan fingerprint density at radius 2 is 1.91 bits per heavy atom. The number of hydrogen-bond acceptors (Lipinski definition) is 8. The number of aromatic nitrogens is 1. The summed E-state index contributed by atoms with van der Waals surface area (Å²) in [5.41, 5.74) is -1.14. The summed E-state index contributed by atoms with van der Waals surface area (Å²) in [5, 5.41) is 23.4. The fourth-order valence-corrected chi connectivity index (χ4v) is 5.41. The highest BCUT2D eigenvalue weighted by atomic mass is 19.4. The lowest BCUT2D eigenvalue weighted by Crippen LogP contribution is -2.52. The van der Waals surface area contributed by atoms with Gasteiger partial charge in [-0.2, -0.15) is 18.4 Å². The summed E-state index contributed by atoms with van der Waals surface area (Å²) in [4.78, 5) is 36.2. The fraction of sp³-hybridized carbons (Fsp3) is 0.448. The van der Waals surface area contributed by atoms with E-state index >= 15 is 0 Å². The van der Waals surface area contributed by atoms with Crippen LogP contribution in [0.1, 0.15) is 23.2 Å². The van der Waals surface area contributed by atoms with Crippen LogP contribution in [-0.4, -0.2) is 96.7 Å². The molecule has 2 aromatic rings. The van der Waals surface area contributed by atoms with Gasteiger partial charge in [-0.25, -0.2) is 9.37 Å². The number of carbonyl (C=O) groups excluding carboxylic acids is 2. The van der Waals surface area contributed by atoms with Gasteiger partial charge in [-0.3, -0.25) is 14.5 Å². The molecule has 0 aliphatic carbocycles. The molecule has 0 radical (unpaired) electrons. The molecule has 0 spiro atoms. The van der Waals surface area contributed by atoms with Gasteiger partial charge in [-0.1, -0.05) is 6.58 Å². The van der Waals surface area contributed by atoms with Crippen molar-refractivity contribution in [3.05, 3.63) is 59.6 Å². The van der Waals surface area contributed by atoms with Crippen LogP contribution in [-0.2, 0) is 15.8 Å². The van der Waals surface area contributed by atoms with Crippen molar-refractivity contribution in [1.82, 2.24) is 14.8 Å². The van der Waals surface area contributed by atoms with E-state index in [2.05, 4.69) is 16.9 Å². The number of aryl methyl sites for hydroxylation is 1. The molecule has 2 atom stereocenters. The average Bonchev–Trinajstić information content (AvgIpc) is 2.96. The number of β-amino-alcohol motifs (C(OH)–C–C–N with tert-alkyl or cyclic N) is 1. The predicted molar refractivity (Wildman–Crippen MR) is 152 cm³/mol. The number of carbonyl (C=O) groups is 2. The molecular weight excluding hydrogens is 570 g/mol. The molecule has 230 valence electrons. The Morgan fingerprint density at radius 3 is 2.53 bits per heavy atom. The van der Waals surface area contributed by atoms with Crippen LogP contribution in [0.5, 0.6) is 0 Å². The summed E-state index contributed by atoms with van der Waals surface area (Å²) in [7, 11) is 1.47. The number of piperazine rings is 1. The van der Waals surface area contributed by atoms with Gasteiger partial charge in [-0.05, 0) is 43.7 Å². The fourth-order valence-electron chi connectivity index (χ4n) is 5.41. The SMILES string of the molecule is C=CC(=O)N1CCN(C[C@H](O)CN2CC[C@H](Nc3nc(C)cc(C(F)(F)F)c3C#N)C(=O)N(C)c3ccc(F)cc32)CC1. The Bertz CT molecular complexity index is 1420. The molecular formula is C29H33F4N7O3. The molecule has 0 saturated carbocycles. The number of anilines is 3. The van der Waals surface area contributed by atoms with E-state index in [9.17, 15) is 37.5 Å². The number of aliphatic hydroxyl groups is 1. The molecule has 2 amide bonds. The van der Waals surface area contributed by atoms with Crippen LogP contribution in [0.3, 0.4) is 0 Å². The highest BCUT2D eigenvalue weighted by Crippen LogP contribution is 2.36. The zero-order valence-corrected chi connectivity index (χ0v) is 23.9. The van der Waals surface area contributed by atoms with E-state index in [1.165, 1.54) is 43.1 Å². The van der Waals surface area contributed by atoms with Gasteiger partial charge < -0.3 is 25.1 Å². The molecule has 3 heterocycles. The third-order valence-corrected chi connectivity index (χ3v) is 7.59. The maximum absolute atomic E-state index is 14.4. The summed E-state index contributed by atoms with van der Waals surface area (Å²) >= 11 is 0. The van der Waals surface area contributed by atoms with E-state index in [1.54, 1.807) is 15.9 Å². The first kappa shape index (κ1) is 31.7. The van der Waals surface area contributed by atoms with Gasteiger partial charge in [0, 0.05) is 58.6 Å². The Labute approximate surface area is 246 Å². The summed E-state index contributed by atoms with van der Waals surface area (Å²) < 4.78 is 55.4. The number of alkyl halides is 3. The Kier molecular flexibility index (Phi) is 9.56. The summed E-state index contributed by atoms with van der Waals surface area (Å²) in [6.07, 6.45) is -4.38. The normalized spacial score (nSPS) is 18.8. The smallest absolute Gasteiger partial charge is 0.390 e. The summed E-state index contributed by atoms with van der Waals surface area (Å²) in [6, 6.07) is 5.14. The van der Waals surface area contributed by atoms with Gasteiger partial charge in [0.15, 0.2) is 0 Å². The molecule has 2 aliphatic rings. The molecule has 2 aliphatic heterocycles. The maximum atomic E-state index is 14.4. The number of nitriles is 1. The van der Waals surface area contributed by atoms with Crippen LogP contribution < -0.4 is 15.1 Å². The molecule has 1 saturated heterocycles. The largest absolute Gasteiger partial charge is 0.417 e. The van der Waals surface area contributed by atoms with Crippen molar-refractivity contribution in [2.45, 2.75) is 31.7 Å². The predicted octanol–water partition coefficient (Wildman–Crippen LogP) is 2.76. The highest BCUT2D eigenvalue weighted by Gasteiger charge is 2.37. The Morgan fingerprint density at radius 1 is 1.21 bits per heavy atom. The van der Waals surface area contributed by atoms with Crippen molar-refractivity contribution in [1.29, 1.82) is 5.26 Å². The standard InChI is InChI=1S/C29H33F4N7O3/c1-4-26(42)39-11-9-38(10-12-39)16-20(41)17-40-8-7-23(28(43)37(3)24-6-5-19(30)14-25(24)40)36-27-21(15-34)22(29(31,32)33)13-18(2)35-27/h4-6,13-14,20,23,41H,1,7-12,16-17H2,2-3H3,(H,35,36)/t20-,23-/m0/s1. The number of rotatable bonds is 7. The van der Waals surface area contributed by atoms with Gasteiger partial charge in [0.2, 0.25) is 11.8 Å². The summed E-state index contributed by atoms with van der Waals surface area (Å²) in [5.74, 6) is -1.57. The second-order valence-electron chi connectivity index (χ2n) is 10.6. The number of aliphatic hydroxyl groups excluding tert-OH is 1. The summed E-state index contributed by atoms with van der Waals surface area (Å²) in [6.45, 7) is 7.43. The number of fused-ring (bicyclic) bond motifs is 1. The topological polar surface area (TPSA) is 116 Å². The molecule has 10 nitrogen and oxygen atoms in total. The first-order valence-corrected chi connectivity index (χ1v) is 13.7. The monoisotopic (exact) mass is 603 g/mol. The second kappa shape index (κ2) is 13.0. The molecule has 0 bridgehead atoms. The number of hydrogen-bond donors (Lipinski definition) is 2. The molecule has 1 aromatic carbocycles. The van der Waals surface area contributed by atoms with E-state index in [4.69, 9.17) is 0 Å². The quantitative estimate of drug-likeness (QED) is 0.367. The van der Waals surface area contributed by atoms with Crippen molar-refractivity contribution >= 4 is 29.0 Å². The van der Waals surface area contributed by atoms with Crippen molar-refractivity contribution in [3.63, 3.8) is 0 Å². The van der Waals surface area contributed by atoms with Crippen molar-refractivity contribution in [2.24, 2.45) is 0 Å². The van der Waals surface area contributed by atoms with Crippen molar-refractivity contribution < 1.29 is 32.3 Å². The number of pyridine rings is 1. The highest BCUT2D eigenvalue weighted by molar-refractivity contribution is 6.01. The second-order valence-corrected chi connectivity index (χ2v) is 10.6. The third kappa shape index (κ3) is 7.23. The van der Waals surface area contributed by atoms with Crippen LogP contribution in [0.4, 0.5) is 34.8 Å². The minimum absolute atomic E-state index is 0.0146.